The minimum absolute atomic E-state index is 0.0668. The fraction of sp³-hybridized carbons (Fsp3) is 0.467. The van der Waals surface area contributed by atoms with Crippen LogP contribution in [0.3, 0.4) is 0 Å². The number of nitrogens with one attached hydrogen (secondary N) is 1. The Kier molecular flexibility index (Phi) is 3.97. The lowest BCUT2D eigenvalue weighted by molar-refractivity contribution is -0.117. The van der Waals surface area contributed by atoms with Gasteiger partial charge in [0.2, 0.25) is 5.91 Å². The summed E-state index contributed by atoms with van der Waals surface area (Å²) >= 11 is 0. The van der Waals surface area contributed by atoms with Crippen LogP contribution in [0.25, 0.3) is 0 Å². The number of anilines is 1. The van der Waals surface area contributed by atoms with E-state index in [1.54, 1.807) is 4.90 Å². The van der Waals surface area contributed by atoms with E-state index in [1.807, 2.05) is 45.0 Å². The van der Waals surface area contributed by atoms with Crippen molar-refractivity contribution >= 4 is 17.7 Å². The van der Waals surface area contributed by atoms with Gasteiger partial charge in [0, 0.05) is 18.8 Å². The van der Waals surface area contributed by atoms with Crippen molar-refractivity contribution in [3.8, 4) is 0 Å². The third-order valence-corrected chi connectivity index (χ3v) is 2.93. The van der Waals surface area contributed by atoms with Crippen LogP contribution in [0.15, 0.2) is 24.3 Å². The van der Waals surface area contributed by atoms with Gasteiger partial charge >= 0.3 is 6.09 Å². The minimum Gasteiger partial charge on any atom is -0.444 e. The SMILES string of the molecule is CC(C)(C)OC(=O)NCCN1C(=O)Cc2ccccc21. The lowest BCUT2D eigenvalue weighted by Crippen LogP contribution is -2.39. The van der Waals surface area contributed by atoms with Crippen molar-refractivity contribution in [3.63, 3.8) is 0 Å². The largest absolute Gasteiger partial charge is 0.444 e. The number of amides is 2. The van der Waals surface area contributed by atoms with E-state index in [1.165, 1.54) is 0 Å². The van der Waals surface area contributed by atoms with Crippen molar-refractivity contribution in [1.29, 1.82) is 0 Å². The Labute approximate surface area is 118 Å². The lowest BCUT2D eigenvalue weighted by Gasteiger charge is -2.21. The van der Waals surface area contributed by atoms with Crippen molar-refractivity contribution in [2.45, 2.75) is 32.8 Å². The minimum atomic E-state index is -0.514. The molecule has 5 nitrogen and oxygen atoms in total. The highest BCUT2D eigenvalue weighted by Crippen LogP contribution is 2.27. The van der Waals surface area contributed by atoms with Crippen molar-refractivity contribution in [1.82, 2.24) is 5.32 Å². The third-order valence-electron chi connectivity index (χ3n) is 2.93. The van der Waals surface area contributed by atoms with Crippen LogP contribution in [-0.2, 0) is 16.0 Å². The number of alkyl carbamates (subject to hydrolysis) is 1. The number of hydrogen-bond donors (Lipinski definition) is 1. The summed E-state index contributed by atoms with van der Waals surface area (Å²) in [4.78, 5) is 25.1. The van der Waals surface area contributed by atoms with E-state index >= 15 is 0 Å². The molecule has 0 spiro atoms. The maximum absolute atomic E-state index is 11.9. The first-order valence-electron chi connectivity index (χ1n) is 6.72. The predicted molar refractivity (Wildman–Crippen MR) is 76.7 cm³/mol. The van der Waals surface area contributed by atoms with Crippen LogP contribution >= 0.6 is 0 Å². The summed E-state index contributed by atoms with van der Waals surface area (Å²) in [5.74, 6) is 0.0668. The van der Waals surface area contributed by atoms with Gasteiger partial charge in [0.1, 0.15) is 5.60 Å². The molecular weight excluding hydrogens is 256 g/mol. The number of ether oxygens (including phenoxy) is 1. The highest BCUT2D eigenvalue weighted by molar-refractivity contribution is 6.01. The zero-order valence-corrected chi connectivity index (χ0v) is 12.1. The van der Waals surface area contributed by atoms with Crippen molar-refractivity contribution in [2.75, 3.05) is 18.0 Å². The molecule has 108 valence electrons. The molecule has 0 bridgehead atoms. The molecule has 1 heterocycles. The zero-order chi connectivity index (χ0) is 14.8. The van der Waals surface area contributed by atoms with Gasteiger partial charge in [-0.05, 0) is 32.4 Å². The molecule has 0 atom stereocenters. The Bertz CT molecular complexity index is 520. The summed E-state index contributed by atoms with van der Waals surface area (Å²) in [6.07, 6.45) is -0.0276. The molecule has 2 rings (SSSR count). The normalized spacial score (nSPS) is 14.2. The number of para-hydroxylation sites is 1. The first-order valence-corrected chi connectivity index (χ1v) is 6.72. The molecule has 1 N–H and O–H groups in total. The van der Waals surface area contributed by atoms with E-state index in [2.05, 4.69) is 5.32 Å². The monoisotopic (exact) mass is 276 g/mol. The van der Waals surface area contributed by atoms with Gasteiger partial charge in [0.05, 0.1) is 6.42 Å². The molecule has 2 amide bonds. The van der Waals surface area contributed by atoms with Crippen LogP contribution in [0.5, 0.6) is 0 Å². The molecule has 20 heavy (non-hydrogen) atoms. The van der Waals surface area contributed by atoms with E-state index in [0.29, 0.717) is 19.5 Å². The average Bonchev–Trinajstić information content (AvgIpc) is 2.64. The van der Waals surface area contributed by atoms with Gasteiger partial charge in [-0.2, -0.15) is 0 Å². The molecule has 0 radical (unpaired) electrons. The Morgan fingerprint density at radius 3 is 2.75 bits per heavy atom. The smallest absolute Gasteiger partial charge is 0.407 e. The van der Waals surface area contributed by atoms with Crippen LogP contribution in [0.2, 0.25) is 0 Å². The zero-order valence-electron chi connectivity index (χ0n) is 12.1. The maximum atomic E-state index is 11.9. The van der Waals surface area contributed by atoms with Gasteiger partial charge in [-0.15, -0.1) is 0 Å². The molecular formula is C15H20N2O3. The lowest BCUT2D eigenvalue weighted by atomic mass is 10.2. The maximum Gasteiger partial charge on any atom is 0.407 e. The summed E-state index contributed by atoms with van der Waals surface area (Å²) in [7, 11) is 0. The summed E-state index contributed by atoms with van der Waals surface area (Å²) in [6, 6.07) is 7.71. The second kappa shape index (κ2) is 5.53. The fourth-order valence-corrected chi connectivity index (χ4v) is 2.15. The van der Waals surface area contributed by atoms with Gasteiger partial charge in [-0.25, -0.2) is 4.79 Å². The van der Waals surface area contributed by atoms with E-state index in [4.69, 9.17) is 4.74 Å². The summed E-state index contributed by atoms with van der Waals surface area (Å²) in [6.45, 7) is 6.26. The molecule has 1 aromatic carbocycles. The third kappa shape index (κ3) is 3.50. The standard InChI is InChI=1S/C15H20N2O3/c1-15(2,3)20-14(19)16-8-9-17-12-7-5-4-6-11(12)10-13(17)18/h4-7H,8-10H2,1-3H3,(H,16,19). The molecule has 5 heteroatoms. The van der Waals surface area contributed by atoms with Crippen LogP contribution in [0.1, 0.15) is 26.3 Å². The second-order valence-corrected chi connectivity index (χ2v) is 5.78. The Morgan fingerprint density at radius 2 is 2.05 bits per heavy atom. The molecule has 0 saturated carbocycles. The molecule has 0 fully saturated rings. The van der Waals surface area contributed by atoms with Gasteiger partial charge in [-0.3, -0.25) is 4.79 Å². The predicted octanol–water partition coefficient (Wildman–Crippen LogP) is 2.10. The first-order chi connectivity index (χ1) is 9.37. The first kappa shape index (κ1) is 14.4. The Hall–Kier alpha value is -2.04. The highest BCUT2D eigenvalue weighted by Gasteiger charge is 2.26. The topological polar surface area (TPSA) is 58.6 Å². The molecule has 0 saturated heterocycles. The molecule has 0 aromatic heterocycles. The number of nitrogens with zero attached hydrogens (tertiary/aromatic N) is 1. The summed E-state index contributed by atoms with van der Waals surface area (Å²) in [5.41, 5.74) is 1.46. The van der Waals surface area contributed by atoms with Gasteiger partial charge in [-0.1, -0.05) is 18.2 Å². The molecule has 1 aromatic rings. The Balaban J connectivity index is 1.86. The van der Waals surface area contributed by atoms with E-state index in [9.17, 15) is 9.59 Å². The number of fused-ring (bicyclic) bond motifs is 1. The summed E-state index contributed by atoms with van der Waals surface area (Å²) < 4.78 is 5.15. The van der Waals surface area contributed by atoms with Crippen molar-refractivity contribution in [2.24, 2.45) is 0 Å². The van der Waals surface area contributed by atoms with Crippen LogP contribution in [-0.4, -0.2) is 30.7 Å². The number of hydrogen-bond acceptors (Lipinski definition) is 3. The summed E-state index contributed by atoms with van der Waals surface area (Å²) in [5, 5.41) is 2.66. The molecule has 1 aliphatic rings. The van der Waals surface area contributed by atoms with Crippen LogP contribution in [0.4, 0.5) is 10.5 Å². The van der Waals surface area contributed by atoms with Crippen molar-refractivity contribution in [3.05, 3.63) is 29.8 Å². The Morgan fingerprint density at radius 1 is 1.35 bits per heavy atom. The van der Waals surface area contributed by atoms with E-state index < -0.39 is 11.7 Å². The number of carbonyl (C=O) groups excluding carboxylic acids is 2. The number of carbonyl (C=O) groups is 2. The van der Waals surface area contributed by atoms with Gasteiger partial charge in [0.15, 0.2) is 0 Å². The van der Waals surface area contributed by atoms with E-state index in [-0.39, 0.29) is 5.91 Å². The average molecular weight is 276 g/mol. The molecule has 0 aliphatic carbocycles. The van der Waals surface area contributed by atoms with Gasteiger partial charge in [0.25, 0.3) is 0 Å². The number of benzene rings is 1. The molecule has 1 aliphatic heterocycles. The second-order valence-electron chi connectivity index (χ2n) is 5.78. The fourth-order valence-electron chi connectivity index (χ4n) is 2.15. The van der Waals surface area contributed by atoms with Gasteiger partial charge < -0.3 is 15.0 Å². The van der Waals surface area contributed by atoms with Crippen LogP contribution in [0, 0.1) is 0 Å². The van der Waals surface area contributed by atoms with E-state index in [0.717, 1.165) is 11.3 Å². The van der Waals surface area contributed by atoms with Crippen LogP contribution < -0.4 is 10.2 Å². The van der Waals surface area contributed by atoms with Crippen molar-refractivity contribution < 1.29 is 14.3 Å². The molecule has 0 unspecified atom stereocenters. The number of rotatable bonds is 3. The highest BCUT2D eigenvalue weighted by atomic mass is 16.6. The quantitative estimate of drug-likeness (QED) is 0.919.